The molecule has 0 unspecified atom stereocenters. The van der Waals surface area contributed by atoms with Crippen molar-refractivity contribution in [2.75, 3.05) is 13.1 Å². The second-order valence-corrected chi connectivity index (χ2v) is 7.72. The maximum Gasteiger partial charge on any atom is 0.243 e. The molecule has 5 heteroatoms. The number of rotatable bonds is 8. The zero-order valence-corrected chi connectivity index (χ0v) is 15.4. The third-order valence-electron chi connectivity index (χ3n) is 3.80. The van der Waals surface area contributed by atoms with Crippen LogP contribution >= 0.6 is 0 Å². The molecule has 2 aromatic rings. The fourth-order valence-electron chi connectivity index (χ4n) is 2.35. The van der Waals surface area contributed by atoms with E-state index in [0.29, 0.717) is 12.0 Å². The van der Waals surface area contributed by atoms with E-state index in [2.05, 4.69) is 5.92 Å². The van der Waals surface area contributed by atoms with Gasteiger partial charge in [-0.1, -0.05) is 60.0 Å². The van der Waals surface area contributed by atoms with Crippen LogP contribution in [-0.2, 0) is 10.0 Å². The Hall–Kier alpha value is -2.68. The van der Waals surface area contributed by atoms with Crippen LogP contribution in [0.3, 0.4) is 0 Å². The van der Waals surface area contributed by atoms with E-state index in [1.54, 1.807) is 54.6 Å². The largest absolute Gasteiger partial charge is 0.289 e. The summed E-state index contributed by atoms with van der Waals surface area (Å²) in [7, 11) is -3.66. The Kier molecular flexibility index (Phi) is 6.90. The van der Waals surface area contributed by atoms with E-state index in [1.165, 1.54) is 10.4 Å². The highest BCUT2D eigenvalue weighted by atomic mass is 32.2. The SMILES string of the molecule is C#CCN(CC/C=C/C(=O)c1ccccc1)S(=O)(=O)c1ccc(C)cc1. The molecule has 0 atom stereocenters. The molecule has 0 amide bonds. The maximum absolute atomic E-state index is 12.7. The Labute approximate surface area is 155 Å². The van der Waals surface area contributed by atoms with Crippen molar-refractivity contribution < 1.29 is 13.2 Å². The molecule has 0 aromatic heterocycles. The third-order valence-corrected chi connectivity index (χ3v) is 5.66. The van der Waals surface area contributed by atoms with Crippen LogP contribution in [0.2, 0.25) is 0 Å². The van der Waals surface area contributed by atoms with E-state index in [1.807, 2.05) is 13.0 Å². The number of terminal acetylenes is 1. The smallest absolute Gasteiger partial charge is 0.243 e. The van der Waals surface area contributed by atoms with E-state index in [0.717, 1.165) is 5.56 Å². The summed E-state index contributed by atoms with van der Waals surface area (Å²) in [5, 5.41) is 0. The molecule has 26 heavy (non-hydrogen) atoms. The quantitative estimate of drug-likeness (QED) is 0.408. The van der Waals surface area contributed by atoms with E-state index in [9.17, 15) is 13.2 Å². The van der Waals surface area contributed by atoms with E-state index in [4.69, 9.17) is 6.42 Å². The number of hydrogen-bond acceptors (Lipinski definition) is 3. The molecule has 0 bridgehead atoms. The van der Waals surface area contributed by atoms with Gasteiger partial charge in [0.1, 0.15) is 0 Å². The number of carbonyl (C=O) groups excluding carboxylic acids is 1. The number of aryl methyl sites for hydroxylation is 1. The standard InChI is InChI=1S/C21H21NO3S/c1-3-16-22(26(24,25)20-14-12-18(2)13-15-20)17-8-7-11-21(23)19-9-5-4-6-10-19/h1,4-7,9-15H,8,16-17H2,2H3/b11-7+. The summed E-state index contributed by atoms with van der Waals surface area (Å²) in [5.41, 5.74) is 1.58. The van der Waals surface area contributed by atoms with Gasteiger partial charge < -0.3 is 0 Å². The number of sulfonamides is 1. The van der Waals surface area contributed by atoms with Crippen LogP contribution < -0.4 is 0 Å². The second-order valence-electron chi connectivity index (χ2n) is 5.78. The van der Waals surface area contributed by atoms with Crippen molar-refractivity contribution in [3.05, 3.63) is 77.9 Å². The topological polar surface area (TPSA) is 54.5 Å². The van der Waals surface area contributed by atoms with Crippen LogP contribution in [0.1, 0.15) is 22.3 Å². The van der Waals surface area contributed by atoms with E-state index >= 15 is 0 Å². The highest BCUT2D eigenvalue weighted by Crippen LogP contribution is 2.16. The van der Waals surface area contributed by atoms with Gasteiger partial charge in [-0.25, -0.2) is 8.42 Å². The van der Waals surface area contributed by atoms with Crippen LogP contribution in [0.5, 0.6) is 0 Å². The lowest BCUT2D eigenvalue weighted by molar-refractivity contribution is 0.104. The summed E-state index contributed by atoms with van der Waals surface area (Å²) < 4.78 is 26.7. The molecule has 0 radical (unpaired) electrons. The Morgan fingerprint density at radius 1 is 1.12 bits per heavy atom. The summed E-state index contributed by atoms with van der Waals surface area (Å²) >= 11 is 0. The number of allylic oxidation sites excluding steroid dienone is 1. The van der Waals surface area contributed by atoms with Gasteiger partial charge >= 0.3 is 0 Å². The minimum Gasteiger partial charge on any atom is -0.289 e. The summed E-state index contributed by atoms with van der Waals surface area (Å²) in [6.07, 6.45) is 8.85. The molecule has 0 fully saturated rings. The number of hydrogen-bond donors (Lipinski definition) is 0. The van der Waals surface area contributed by atoms with E-state index in [-0.39, 0.29) is 23.8 Å². The van der Waals surface area contributed by atoms with Crippen molar-refractivity contribution in [2.24, 2.45) is 0 Å². The molecular weight excluding hydrogens is 346 g/mol. The number of nitrogens with zero attached hydrogens (tertiary/aromatic N) is 1. The van der Waals surface area contributed by atoms with Crippen LogP contribution in [-0.4, -0.2) is 31.6 Å². The van der Waals surface area contributed by atoms with Crippen molar-refractivity contribution >= 4 is 15.8 Å². The van der Waals surface area contributed by atoms with Crippen LogP contribution in [0, 0.1) is 19.3 Å². The molecule has 4 nitrogen and oxygen atoms in total. The van der Waals surface area contributed by atoms with Crippen molar-refractivity contribution in [3.8, 4) is 12.3 Å². The number of ketones is 1. The first-order chi connectivity index (χ1) is 12.4. The van der Waals surface area contributed by atoms with Crippen LogP contribution in [0.25, 0.3) is 0 Å². The molecule has 0 aliphatic carbocycles. The zero-order chi connectivity index (χ0) is 19.0. The van der Waals surface area contributed by atoms with Crippen LogP contribution in [0.4, 0.5) is 0 Å². The lowest BCUT2D eigenvalue weighted by Gasteiger charge is -2.19. The molecule has 2 aromatic carbocycles. The van der Waals surface area contributed by atoms with Gasteiger partial charge in [-0.05, 0) is 31.6 Å². The van der Waals surface area contributed by atoms with Crippen molar-refractivity contribution in [3.63, 3.8) is 0 Å². The van der Waals surface area contributed by atoms with Gasteiger partial charge in [0.2, 0.25) is 10.0 Å². The predicted molar refractivity (Wildman–Crippen MR) is 103 cm³/mol. The van der Waals surface area contributed by atoms with Gasteiger partial charge in [-0.2, -0.15) is 4.31 Å². The number of carbonyl (C=O) groups is 1. The average molecular weight is 367 g/mol. The summed E-state index contributed by atoms with van der Waals surface area (Å²) in [6, 6.07) is 15.5. The Morgan fingerprint density at radius 3 is 2.38 bits per heavy atom. The fraction of sp³-hybridized carbons (Fsp3) is 0.190. The summed E-state index contributed by atoms with van der Waals surface area (Å²) in [4.78, 5) is 12.2. The highest BCUT2D eigenvalue weighted by Gasteiger charge is 2.22. The Morgan fingerprint density at radius 2 is 1.77 bits per heavy atom. The molecule has 0 aliphatic rings. The summed E-state index contributed by atoms with van der Waals surface area (Å²) in [5.74, 6) is 2.27. The van der Waals surface area contributed by atoms with Gasteiger partial charge in [0.15, 0.2) is 5.78 Å². The Balaban J connectivity index is 2.04. The monoisotopic (exact) mass is 367 g/mol. The minimum atomic E-state index is -3.66. The van der Waals surface area contributed by atoms with Crippen molar-refractivity contribution in [2.45, 2.75) is 18.2 Å². The normalized spacial score (nSPS) is 11.6. The summed E-state index contributed by atoms with van der Waals surface area (Å²) in [6.45, 7) is 2.08. The lowest BCUT2D eigenvalue weighted by atomic mass is 10.1. The van der Waals surface area contributed by atoms with Gasteiger partial charge in [0.05, 0.1) is 11.4 Å². The first-order valence-electron chi connectivity index (χ1n) is 8.21. The predicted octanol–water partition coefficient (Wildman–Crippen LogP) is 3.45. The molecule has 0 saturated carbocycles. The van der Waals surface area contributed by atoms with Gasteiger partial charge in [0.25, 0.3) is 0 Å². The molecule has 2 rings (SSSR count). The van der Waals surface area contributed by atoms with Gasteiger partial charge in [-0.3, -0.25) is 4.79 Å². The fourth-order valence-corrected chi connectivity index (χ4v) is 3.72. The molecule has 134 valence electrons. The first-order valence-corrected chi connectivity index (χ1v) is 9.65. The average Bonchev–Trinajstić information content (AvgIpc) is 2.65. The van der Waals surface area contributed by atoms with Crippen molar-refractivity contribution in [1.82, 2.24) is 4.31 Å². The lowest BCUT2D eigenvalue weighted by Crippen LogP contribution is -2.32. The highest BCUT2D eigenvalue weighted by molar-refractivity contribution is 7.89. The molecule has 0 saturated heterocycles. The molecule has 0 aliphatic heterocycles. The second kappa shape index (κ2) is 9.14. The molecule has 0 heterocycles. The van der Waals surface area contributed by atoms with Gasteiger partial charge in [-0.15, -0.1) is 6.42 Å². The Bertz CT molecular complexity index is 908. The zero-order valence-electron chi connectivity index (χ0n) is 14.6. The molecular formula is C21H21NO3S. The number of benzene rings is 2. The maximum atomic E-state index is 12.7. The van der Waals surface area contributed by atoms with Crippen LogP contribution in [0.15, 0.2) is 71.6 Å². The third kappa shape index (κ3) is 5.16. The van der Waals surface area contributed by atoms with Crippen molar-refractivity contribution in [1.29, 1.82) is 0 Å². The first kappa shape index (κ1) is 19.6. The van der Waals surface area contributed by atoms with Gasteiger partial charge in [0, 0.05) is 12.1 Å². The molecule has 0 spiro atoms. The minimum absolute atomic E-state index is 0.0172. The molecule has 0 N–H and O–H groups in total. The van der Waals surface area contributed by atoms with E-state index < -0.39 is 10.0 Å².